The Morgan fingerprint density at radius 1 is 1.15 bits per heavy atom. The van der Waals surface area contributed by atoms with E-state index in [9.17, 15) is 9.59 Å². The Morgan fingerprint density at radius 2 is 1.97 bits per heavy atom. The van der Waals surface area contributed by atoms with E-state index in [0.717, 1.165) is 19.6 Å². The van der Waals surface area contributed by atoms with Crippen LogP contribution in [0.3, 0.4) is 0 Å². The summed E-state index contributed by atoms with van der Waals surface area (Å²) in [6, 6.07) is 20.8. The van der Waals surface area contributed by atoms with Crippen LogP contribution in [0, 0.1) is 3.57 Å². The van der Waals surface area contributed by atoms with Crippen molar-refractivity contribution in [3.63, 3.8) is 0 Å². The van der Waals surface area contributed by atoms with Gasteiger partial charge in [0.15, 0.2) is 4.80 Å². The molecule has 0 aliphatic carbocycles. The number of hydrogen-bond donors (Lipinski definition) is 0. The van der Waals surface area contributed by atoms with Crippen molar-refractivity contribution in [1.29, 1.82) is 0 Å². The van der Waals surface area contributed by atoms with Crippen LogP contribution in [0.1, 0.15) is 29.0 Å². The van der Waals surface area contributed by atoms with E-state index in [-0.39, 0.29) is 12.2 Å². The summed E-state index contributed by atoms with van der Waals surface area (Å²) >= 11 is 5.09. The number of nitrogens with zero attached hydrogens (tertiary/aromatic N) is 2. The van der Waals surface area contributed by atoms with Crippen LogP contribution in [0.15, 0.2) is 87.5 Å². The average Bonchev–Trinajstić information content (AvgIpc) is 3.47. The van der Waals surface area contributed by atoms with Crippen LogP contribution in [0.5, 0.6) is 0 Å². The van der Waals surface area contributed by atoms with Gasteiger partial charge in [-0.25, -0.2) is 9.79 Å². The van der Waals surface area contributed by atoms with Gasteiger partial charge in [-0.1, -0.05) is 59.9 Å². The quantitative estimate of drug-likeness (QED) is 0.249. The van der Waals surface area contributed by atoms with Crippen molar-refractivity contribution in [2.75, 3.05) is 6.61 Å². The maximum absolute atomic E-state index is 13.7. The molecule has 170 valence electrons. The van der Waals surface area contributed by atoms with Crippen LogP contribution >= 0.6 is 45.3 Å². The van der Waals surface area contributed by atoms with Crippen LogP contribution in [0.2, 0.25) is 0 Å². The molecule has 1 atom stereocenters. The molecule has 0 radical (unpaired) electrons. The van der Waals surface area contributed by atoms with Crippen LogP contribution in [-0.2, 0) is 9.53 Å². The van der Waals surface area contributed by atoms with E-state index >= 15 is 0 Å². The monoisotopic (exact) mass is 598 g/mol. The smallest absolute Gasteiger partial charge is 0.338 e. The Balaban J connectivity index is 1.82. The second-order valence-electron chi connectivity index (χ2n) is 7.50. The zero-order chi connectivity index (χ0) is 23.7. The Hall–Kier alpha value is -2.82. The summed E-state index contributed by atoms with van der Waals surface area (Å²) in [5.41, 5.74) is 2.50. The number of fused-ring (bicyclic) bond motifs is 1. The molecule has 8 heteroatoms. The summed E-state index contributed by atoms with van der Waals surface area (Å²) in [7, 11) is 0. The van der Waals surface area contributed by atoms with Crippen LogP contribution in [-0.4, -0.2) is 17.1 Å². The molecule has 0 saturated carbocycles. The third-order valence-corrected chi connectivity index (χ3v) is 7.91. The van der Waals surface area contributed by atoms with Crippen molar-refractivity contribution in [2.45, 2.75) is 13.0 Å². The topological polar surface area (TPSA) is 60.7 Å². The zero-order valence-electron chi connectivity index (χ0n) is 18.1. The van der Waals surface area contributed by atoms with E-state index in [4.69, 9.17) is 9.73 Å². The largest absolute Gasteiger partial charge is 0.463 e. The fraction of sp³-hybridized carbons (Fsp3) is 0.115. The molecule has 1 aliphatic heterocycles. The molecule has 2 aromatic heterocycles. The van der Waals surface area contributed by atoms with Gasteiger partial charge in [-0.15, -0.1) is 11.3 Å². The molecule has 0 amide bonds. The highest BCUT2D eigenvalue weighted by Crippen LogP contribution is 2.36. The van der Waals surface area contributed by atoms with E-state index in [1.54, 1.807) is 11.5 Å². The maximum atomic E-state index is 13.7. The van der Waals surface area contributed by atoms with Gasteiger partial charge in [0.25, 0.3) is 5.56 Å². The average molecular weight is 598 g/mol. The molecule has 0 N–H and O–H groups in total. The summed E-state index contributed by atoms with van der Waals surface area (Å²) in [5.74, 6) is -0.463. The summed E-state index contributed by atoms with van der Waals surface area (Å²) in [6.45, 7) is 2.01. The lowest BCUT2D eigenvalue weighted by Crippen LogP contribution is -2.39. The predicted molar refractivity (Wildman–Crippen MR) is 145 cm³/mol. The molecule has 0 unspecified atom stereocenters. The number of benzene rings is 2. The first-order valence-corrected chi connectivity index (χ1v) is 13.4. The standard InChI is InChI=1S/C26H19IN2O3S2/c1-2-32-25(31)21-22(17-9-4-3-5-10-17)28-26-29(23(21)19-12-7-13-33-19)24(30)20(34-26)15-16-8-6-11-18(27)14-16/h3-15,23H,2H2,1H3/b20-15+/t23-/m1/s1. The fourth-order valence-corrected chi connectivity index (χ4v) is 6.30. The van der Waals surface area contributed by atoms with Crippen LogP contribution < -0.4 is 14.9 Å². The van der Waals surface area contributed by atoms with Crippen molar-refractivity contribution in [2.24, 2.45) is 4.99 Å². The highest BCUT2D eigenvalue weighted by atomic mass is 127. The van der Waals surface area contributed by atoms with Crippen molar-refractivity contribution in [3.8, 4) is 0 Å². The van der Waals surface area contributed by atoms with Gasteiger partial charge in [0, 0.05) is 14.0 Å². The predicted octanol–water partition coefficient (Wildman–Crippen LogP) is 4.60. The number of ether oxygens (including phenoxy) is 1. The second kappa shape index (κ2) is 9.81. The number of carbonyl (C=O) groups is 1. The molecule has 34 heavy (non-hydrogen) atoms. The van der Waals surface area contributed by atoms with E-state index in [2.05, 4.69) is 22.6 Å². The minimum Gasteiger partial charge on any atom is -0.463 e. The van der Waals surface area contributed by atoms with Crippen LogP contribution in [0.4, 0.5) is 0 Å². The molecule has 4 aromatic rings. The van der Waals surface area contributed by atoms with E-state index in [1.165, 1.54) is 22.7 Å². The minimum atomic E-state index is -0.608. The van der Waals surface area contributed by atoms with Crippen LogP contribution in [0.25, 0.3) is 11.8 Å². The summed E-state index contributed by atoms with van der Waals surface area (Å²) in [6.07, 6.45) is 1.88. The van der Waals surface area contributed by atoms with Gasteiger partial charge in [0.1, 0.15) is 6.04 Å². The number of thiophene rings is 1. The molecular formula is C26H19IN2O3S2. The maximum Gasteiger partial charge on any atom is 0.338 e. The number of thiazole rings is 1. The summed E-state index contributed by atoms with van der Waals surface area (Å²) in [5, 5.41) is 1.95. The van der Waals surface area contributed by atoms with Gasteiger partial charge >= 0.3 is 5.97 Å². The normalized spacial score (nSPS) is 15.7. The lowest BCUT2D eigenvalue weighted by Gasteiger charge is -2.24. The molecule has 3 heterocycles. The van der Waals surface area contributed by atoms with Gasteiger partial charge in [-0.05, 0) is 64.7 Å². The molecule has 5 rings (SSSR count). The van der Waals surface area contributed by atoms with Gasteiger partial charge in [-0.3, -0.25) is 9.36 Å². The number of aromatic nitrogens is 1. The molecular weight excluding hydrogens is 579 g/mol. The van der Waals surface area contributed by atoms with Crippen molar-refractivity contribution >= 4 is 63.0 Å². The number of rotatable bonds is 5. The lowest BCUT2D eigenvalue weighted by atomic mass is 9.97. The molecule has 1 aliphatic rings. The summed E-state index contributed by atoms with van der Waals surface area (Å²) in [4.78, 5) is 33.3. The Kier molecular flexibility index (Phi) is 6.62. The number of hydrogen-bond acceptors (Lipinski definition) is 6. The molecule has 0 fully saturated rings. The van der Waals surface area contributed by atoms with E-state index in [0.29, 0.717) is 20.6 Å². The van der Waals surface area contributed by atoms with Gasteiger partial charge in [-0.2, -0.15) is 0 Å². The van der Waals surface area contributed by atoms with Gasteiger partial charge < -0.3 is 4.74 Å². The number of esters is 1. The number of carbonyl (C=O) groups excluding carboxylic acids is 1. The first-order chi connectivity index (χ1) is 16.6. The Labute approximate surface area is 217 Å². The third kappa shape index (κ3) is 4.33. The van der Waals surface area contributed by atoms with Crippen molar-refractivity contribution in [1.82, 2.24) is 4.57 Å². The van der Waals surface area contributed by atoms with Crippen molar-refractivity contribution in [3.05, 3.63) is 117 Å². The molecule has 5 nitrogen and oxygen atoms in total. The molecule has 0 bridgehead atoms. The van der Waals surface area contributed by atoms with Gasteiger partial charge in [0.2, 0.25) is 0 Å². The first kappa shape index (κ1) is 22.9. The summed E-state index contributed by atoms with van der Waals surface area (Å²) < 4.78 is 8.75. The minimum absolute atomic E-state index is 0.171. The Morgan fingerprint density at radius 3 is 2.68 bits per heavy atom. The zero-order valence-corrected chi connectivity index (χ0v) is 21.9. The fourth-order valence-electron chi connectivity index (χ4n) is 3.90. The van der Waals surface area contributed by atoms with Gasteiger partial charge in [0.05, 0.1) is 22.4 Å². The Bertz CT molecular complexity index is 1570. The first-order valence-electron chi connectivity index (χ1n) is 10.6. The van der Waals surface area contributed by atoms with E-state index < -0.39 is 12.0 Å². The third-order valence-electron chi connectivity index (χ3n) is 5.33. The number of halogens is 1. The lowest BCUT2D eigenvalue weighted by molar-refractivity contribution is -0.138. The highest BCUT2D eigenvalue weighted by molar-refractivity contribution is 14.1. The SMILES string of the molecule is CCOC(=O)C1=C(c2ccccc2)N=c2s/c(=C/c3cccc(I)c3)c(=O)n2[C@@H]1c1cccs1. The highest BCUT2D eigenvalue weighted by Gasteiger charge is 2.35. The molecule has 2 aromatic carbocycles. The van der Waals surface area contributed by atoms with E-state index in [1.807, 2.05) is 78.2 Å². The second-order valence-corrected chi connectivity index (χ2v) is 10.7. The van der Waals surface area contributed by atoms with Crippen molar-refractivity contribution < 1.29 is 9.53 Å². The molecule has 0 spiro atoms. The molecule has 0 saturated heterocycles.